The molecule has 7 heteroatoms. The first kappa shape index (κ1) is 17.0. The second-order valence-electron chi connectivity index (χ2n) is 5.51. The lowest BCUT2D eigenvalue weighted by molar-refractivity contribution is -0.138. The van der Waals surface area contributed by atoms with Crippen LogP contribution in [0.25, 0.3) is 0 Å². The number of nitrogens with one attached hydrogen (secondary N) is 3. The van der Waals surface area contributed by atoms with Gasteiger partial charge in [-0.2, -0.15) is 0 Å². The summed E-state index contributed by atoms with van der Waals surface area (Å²) in [6.07, 6.45) is 1.97. The number of rotatable bonds is 7. The van der Waals surface area contributed by atoms with Crippen LogP contribution in [0.4, 0.5) is 0 Å². The smallest absolute Gasteiger partial charge is 0.322 e. The molecule has 1 fully saturated rings. The summed E-state index contributed by atoms with van der Waals surface area (Å²) in [6.45, 7) is 0.314. The molecule has 1 aromatic rings. The summed E-state index contributed by atoms with van der Waals surface area (Å²) in [5, 5.41) is 16.8. The highest BCUT2D eigenvalue weighted by Gasteiger charge is 2.27. The van der Waals surface area contributed by atoms with Crippen LogP contribution in [-0.2, 0) is 20.8 Å². The number of carboxylic acid groups (broad SMARTS) is 1. The Hall–Kier alpha value is -2.41. The van der Waals surface area contributed by atoms with E-state index in [0.717, 1.165) is 24.9 Å². The van der Waals surface area contributed by atoms with E-state index in [4.69, 9.17) is 5.11 Å². The van der Waals surface area contributed by atoms with Crippen LogP contribution < -0.4 is 16.0 Å². The SMILES string of the molecule is O=C(O)CNC(=O)C(Cc1ccccc1)NC(=O)C1CCCN1. The summed E-state index contributed by atoms with van der Waals surface area (Å²) >= 11 is 0. The van der Waals surface area contributed by atoms with E-state index in [-0.39, 0.29) is 11.9 Å². The average molecular weight is 319 g/mol. The molecule has 1 aromatic carbocycles. The van der Waals surface area contributed by atoms with Crippen molar-refractivity contribution >= 4 is 17.8 Å². The molecule has 0 aromatic heterocycles. The van der Waals surface area contributed by atoms with E-state index in [9.17, 15) is 14.4 Å². The molecule has 0 bridgehead atoms. The van der Waals surface area contributed by atoms with Crippen molar-refractivity contribution in [1.82, 2.24) is 16.0 Å². The van der Waals surface area contributed by atoms with Gasteiger partial charge in [0.05, 0.1) is 6.04 Å². The molecule has 2 atom stereocenters. The van der Waals surface area contributed by atoms with E-state index >= 15 is 0 Å². The first-order valence-corrected chi connectivity index (χ1v) is 7.63. The second kappa shape index (κ2) is 8.28. The molecule has 23 heavy (non-hydrogen) atoms. The minimum atomic E-state index is -1.12. The molecule has 0 radical (unpaired) electrons. The highest BCUT2D eigenvalue weighted by atomic mass is 16.4. The van der Waals surface area contributed by atoms with Crippen LogP contribution >= 0.6 is 0 Å². The van der Waals surface area contributed by atoms with Gasteiger partial charge in [-0.25, -0.2) is 0 Å². The lowest BCUT2D eigenvalue weighted by Gasteiger charge is -2.20. The van der Waals surface area contributed by atoms with Crippen molar-refractivity contribution in [3.63, 3.8) is 0 Å². The molecule has 7 nitrogen and oxygen atoms in total. The highest BCUT2D eigenvalue weighted by Crippen LogP contribution is 2.07. The molecule has 1 saturated heterocycles. The van der Waals surface area contributed by atoms with Crippen molar-refractivity contribution in [3.05, 3.63) is 35.9 Å². The van der Waals surface area contributed by atoms with Gasteiger partial charge < -0.3 is 21.1 Å². The second-order valence-corrected chi connectivity index (χ2v) is 5.51. The van der Waals surface area contributed by atoms with Crippen LogP contribution in [0.2, 0.25) is 0 Å². The van der Waals surface area contributed by atoms with Gasteiger partial charge in [-0.1, -0.05) is 30.3 Å². The largest absolute Gasteiger partial charge is 0.480 e. The van der Waals surface area contributed by atoms with Gasteiger partial charge in [0.15, 0.2) is 0 Å². The van der Waals surface area contributed by atoms with Gasteiger partial charge in [0.2, 0.25) is 11.8 Å². The number of aliphatic carboxylic acids is 1. The molecular weight excluding hydrogens is 298 g/mol. The number of carboxylic acids is 1. The monoisotopic (exact) mass is 319 g/mol. The minimum Gasteiger partial charge on any atom is -0.480 e. The van der Waals surface area contributed by atoms with Gasteiger partial charge in [0.25, 0.3) is 0 Å². The van der Waals surface area contributed by atoms with Crippen LogP contribution in [0, 0.1) is 0 Å². The first-order valence-electron chi connectivity index (χ1n) is 7.63. The molecular formula is C16H21N3O4. The van der Waals surface area contributed by atoms with Gasteiger partial charge in [-0.05, 0) is 24.9 Å². The number of hydrogen-bond donors (Lipinski definition) is 4. The summed E-state index contributed by atoms with van der Waals surface area (Å²) < 4.78 is 0. The average Bonchev–Trinajstić information content (AvgIpc) is 3.07. The van der Waals surface area contributed by atoms with Gasteiger partial charge in [-0.15, -0.1) is 0 Å². The zero-order valence-electron chi connectivity index (χ0n) is 12.7. The predicted octanol–water partition coefficient (Wildman–Crippen LogP) is -0.333. The van der Waals surface area contributed by atoms with Gasteiger partial charge >= 0.3 is 5.97 Å². The lowest BCUT2D eigenvalue weighted by atomic mass is 10.0. The van der Waals surface area contributed by atoms with Crippen molar-refractivity contribution in [2.45, 2.75) is 31.3 Å². The Morgan fingerprint density at radius 3 is 2.61 bits per heavy atom. The van der Waals surface area contributed by atoms with Gasteiger partial charge in [-0.3, -0.25) is 14.4 Å². The highest BCUT2D eigenvalue weighted by molar-refractivity contribution is 5.91. The standard InChI is InChI=1S/C16H21N3O4/c20-14(21)10-18-15(22)13(9-11-5-2-1-3-6-11)19-16(23)12-7-4-8-17-12/h1-3,5-6,12-13,17H,4,7-10H2,(H,18,22)(H,19,23)(H,20,21). The fraction of sp³-hybridized carbons (Fsp3) is 0.438. The normalized spacial score (nSPS) is 18.2. The van der Waals surface area contributed by atoms with E-state index in [1.54, 1.807) is 0 Å². The van der Waals surface area contributed by atoms with E-state index in [1.165, 1.54) is 0 Å². The summed E-state index contributed by atoms with van der Waals surface area (Å²) in [5.74, 6) is -1.85. The van der Waals surface area contributed by atoms with Crippen LogP contribution in [0.5, 0.6) is 0 Å². The van der Waals surface area contributed by atoms with E-state index in [2.05, 4.69) is 16.0 Å². The molecule has 1 heterocycles. The summed E-state index contributed by atoms with van der Waals surface area (Å²) in [5.41, 5.74) is 0.891. The summed E-state index contributed by atoms with van der Waals surface area (Å²) in [4.78, 5) is 35.0. The molecule has 1 aliphatic heterocycles. The van der Waals surface area contributed by atoms with Crippen molar-refractivity contribution < 1.29 is 19.5 Å². The zero-order valence-corrected chi connectivity index (χ0v) is 12.7. The molecule has 1 aliphatic rings. The molecule has 2 amide bonds. The molecule has 4 N–H and O–H groups in total. The summed E-state index contributed by atoms with van der Waals surface area (Å²) in [6, 6.07) is 8.19. The lowest BCUT2D eigenvalue weighted by Crippen LogP contribution is -2.53. The van der Waals surface area contributed by atoms with Crippen molar-refractivity contribution in [1.29, 1.82) is 0 Å². The maximum atomic E-state index is 12.2. The van der Waals surface area contributed by atoms with Crippen LogP contribution in [0.1, 0.15) is 18.4 Å². The van der Waals surface area contributed by atoms with Gasteiger partial charge in [0, 0.05) is 6.42 Å². The molecule has 2 unspecified atom stereocenters. The zero-order chi connectivity index (χ0) is 16.7. The Kier molecular flexibility index (Phi) is 6.10. The Morgan fingerprint density at radius 1 is 1.26 bits per heavy atom. The third-order valence-corrected chi connectivity index (χ3v) is 3.71. The Morgan fingerprint density at radius 2 is 2.00 bits per heavy atom. The van der Waals surface area contributed by atoms with E-state index < -0.39 is 24.5 Å². The Labute approximate surface area is 134 Å². The molecule has 124 valence electrons. The van der Waals surface area contributed by atoms with Crippen molar-refractivity contribution in [2.24, 2.45) is 0 Å². The number of carbonyl (C=O) groups excluding carboxylic acids is 2. The van der Waals surface area contributed by atoms with Gasteiger partial charge in [0.1, 0.15) is 12.6 Å². The summed E-state index contributed by atoms with van der Waals surface area (Å²) in [7, 11) is 0. The molecule has 2 rings (SSSR count). The maximum Gasteiger partial charge on any atom is 0.322 e. The fourth-order valence-corrected chi connectivity index (χ4v) is 2.53. The van der Waals surface area contributed by atoms with Crippen molar-refractivity contribution in [3.8, 4) is 0 Å². The van der Waals surface area contributed by atoms with Crippen LogP contribution in [0.15, 0.2) is 30.3 Å². The van der Waals surface area contributed by atoms with Crippen LogP contribution in [0.3, 0.4) is 0 Å². The fourth-order valence-electron chi connectivity index (χ4n) is 2.53. The maximum absolute atomic E-state index is 12.2. The molecule has 0 saturated carbocycles. The topological polar surface area (TPSA) is 108 Å². The third-order valence-electron chi connectivity index (χ3n) is 3.71. The molecule has 0 spiro atoms. The number of benzene rings is 1. The van der Waals surface area contributed by atoms with E-state index in [0.29, 0.717) is 6.42 Å². The third kappa shape index (κ3) is 5.37. The number of carbonyl (C=O) groups is 3. The van der Waals surface area contributed by atoms with Crippen LogP contribution in [-0.4, -0.2) is 48.1 Å². The molecule has 0 aliphatic carbocycles. The quantitative estimate of drug-likeness (QED) is 0.550. The number of hydrogen-bond acceptors (Lipinski definition) is 4. The van der Waals surface area contributed by atoms with Crippen molar-refractivity contribution in [2.75, 3.05) is 13.1 Å². The first-order chi connectivity index (χ1) is 11.1. The minimum absolute atomic E-state index is 0.228. The number of amides is 2. The Bertz CT molecular complexity index is 556. The Balaban J connectivity index is 2.01. The van der Waals surface area contributed by atoms with E-state index in [1.807, 2.05) is 30.3 Å². The predicted molar refractivity (Wildman–Crippen MR) is 83.7 cm³/mol.